The zero-order valence-corrected chi connectivity index (χ0v) is 24.4. The summed E-state index contributed by atoms with van der Waals surface area (Å²) in [4.78, 5) is 49.3. The van der Waals surface area contributed by atoms with E-state index in [1.165, 1.54) is 13.8 Å². The van der Waals surface area contributed by atoms with Gasteiger partial charge in [-0.25, -0.2) is 4.21 Å². The first-order valence-corrected chi connectivity index (χ1v) is 14.3. The van der Waals surface area contributed by atoms with Gasteiger partial charge in [-0.05, 0) is 34.9 Å². The molecule has 0 amide bonds. The monoisotopic (exact) mass is 604 g/mol. The van der Waals surface area contributed by atoms with Crippen molar-refractivity contribution in [1.29, 1.82) is 0 Å². The number of hydrogen-bond acceptors (Lipinski definition) is 10. The molecular formula is C29H29ClO10S. The summed E-state index contributed by atoms with van der Waals surface area (Å²) >= 11 is 6.55. The number of carbonyl (C=O) groups is 4. The summed E-state index contributed by atoms with van der Waals surface area (Å²) in [6.45, 7) is 4.37. The van der Waals surface area contributed by atoms with Crippen molar-refractivity contribution in [3.63, 3.8) is 0 Å². The Kier molecular flexibility index (Phi) is 9.62. The topological polar surface area (TPSA) is 132 Å². The Balaban J connectivity index is 1.73. The van der Waals surface area contributed by atoms with Crippen molar-refractivity contribution in [2.45, 2.75) is 69.5 Å². The lowest BCUT2D eigenvalue weighted by Gasteiger charge is -2.44. The second-order valence-corrected chi connectivity index (χ2v) is 11.5. The second kappa shape index (κ2) is 13.0. The standard InChI is InChI=1S/C29H29ClO10S/c1-15(31)36-14-24-27(37-16(2)32)29(39-18(4)34)28(38-17(3)33)26(40-24)20-9-10-23(30)21(11-20)13-22-12-19-7-5-6-8-25(19)41(22)35/h5-12,24,26-29H,13-14H2,1-4H3/t24?,26?,27-,28+,29?,41?/m1/s1. The van der Waals surface area contributed by atoms with E-state index >= 15 is 0 Å². The van der Waals surface area contributed by atoms with Crippen LogP contribution in [0.1, 0.15) is 50.5 Å². The maximum atomic E-state index is 13.1. The van der Waals surface area contributed by atoms with E-state index in [2.05, 4.69) is 0 Å². The van der Waals surface area contributed by atoms with Gasteiger partial charge < -0.3 is 23.7 Å². The summed E-state index contributed by atoms with van der Waals surface area (Å²) in [6.07, 6.45) is -3.80. The van der Waals surface area contributed by atoms with Crippen LogP contribution >= 0.6 is 11.6 Å². The van der Waals surface area contributed by atoms with E-state index in [0.29, 0.717) is 21.1 Å². The minimum absolute atomic E-state index is 0.263. The van der Waals surface area contributed by atoms with E-state index in [0.717, 1.165) is 24.3 Å². The third kappa shape index (κ3) is 7.22. The fourth-order valence-corrected chi connectivity index (χ4v) is 6.38. The average molecular weight is 605 g/mol. The molecule has 4 rings (SSSR count). The van der Waals surface area contributed by atoms with Gasteiger partial charge in [0.15, 0.2) is 18.3 Å². The summed E-state index contributed by atoms with van der Waals surface area (Å²) in [5.41, 5.74) is 1.99. The van der Waals surface area contributed by atoms with Gasteiger partial charge in [0, 0.05) is 44.0 Å². The molecule has 41 heavy (non-hydrogen) atoms. The van der Waals surface area contributed by atoms with Gasteiger partial charge in [-0.2, -0.15) is 0 Å². The molecule has 0 radical (unpaired) electrons. The summed E-state index contributed by atoms with van der Waals surface area (Å²) in [6, 6.07) is 12.4. The molecule has 218 valence electrons. The minimum Gasteiger partial charge on any atom is -0.463 e. The predicted octanol–water partition coefficient (Wildman–Crippen LogP) is 3.84. The molecule has 12 heteroatoms. The second-order valence-electron chi connectivity index (χ2n) is 9.56. The van der Waals surface area contributed by atoms with Gasteiger partial charge in [0.05, 0.1) is 15.7 Å². The van der Waals surface area contributed by atoms with Crippen LogP contribution in [0.3, 0.4) is 0 Å². The number of ether oxygens (including phenoxy) is 5. The molecule has 1 saturated heterocycles. The molecule has 2 heterocycles. The van der Waals surface area contributed by atoms with E-state index in [9.17, 15) is 23.4 Å². The molecule has 0 aliphatic carbocycles. The molecule has 4 unspecified atom stereocenters. The number of carbonyl (C=O) groups excluding carboxylic acids is 4. The smallest absolute Gasteiger partial charge is 0.303 e. The molecule has 6 atom stereocenters. The first-order chi connectivity index (χ1) is 19.4. The average Bonchev–Trinajstić information content (AvgIpc) is 3.21. The van der Waals surface area contributed by atoms with E-state index in [-0.39, 0.29) is 13.0 Å². The molecule has 0 N–H and O–H groups in total. The maximum absolute atomic E-state index is 13.1. The number of benzene rings is 2. The molecule has 0 spiro atoms. The number of fused-ring (bicyclic) bond motifs is 1. The summed E-state index contributed by atoms with van der Waals surface area (Å²) in [5.74, 6) is -2.73. The fraction of sp³-hybridized carbons (Fsp3) is 0.379. The lowest BCUT2D eigenvalue weighted by molar-refractivity contribution is -0.254. The predicted molar refractivity (Wildman–Crippen MR) is 147 cm³/mol. The van der Waals surface area contributed by atoms with Crippen LogP contribution in [0.25, 0.3) is 6.08 Å². The van der Waals surface area contributed by atoms with Crippen molar-refractivity contribution in [2.75, 3.05) is 6.61 Å². The molecule has 2 aromatic carbocycles. The molecule has 0 saturated carbocycles. The van der Waals surface area contributed by atoms with Crippen molar-refractivity contribution in [1.82, 2.24) is 0 Å². The van der Waals surface area contributed by atoms with Crippen molar-refractivity contribution in [2.24, 2.45) is 0 Å². The van der Waals surface area contributed by atoms with Crippen LogP contribution in [0.2, 0.25) is 5.02 Å². The third-order valence-corrected chi connectivity index (χ3v) is 8.31. The quantitative estimate of drug-likeness (QED) is 0.323. The largest absolute Gasteiger partial charge is 0.463 e. The van der Waals surface area contributed by atoms with E-state index in [4.69, 9.17) is 35.3 Å². The van der Waals surface area contributed by atoms with Gasteiger partial charge in [0.1, 0.15) is 18.8 Å². The van der Waals surface area contributed by atoms with Crippen LogP contribution in [0.15, 0.2) is 52.3 Å². The Morgan fingerprint density at radius 2 is 1.49 bits per heavy atom. The van der Waals surface area contributed by atoms with Gasteiger partial charge in [-0.1, -0.05) is 41.9 Å². The fourth-order valence-electron chi connectivity index (χ4n) is 4.84. The summed E-state index contributed by atoms with van der Waals surface area (Å²) < 4.78 is 41.1. The first kappa shape index (κ1) is 30.4. The van der Waals surface area contributed by atoms with Crippen LogP contribution in [-0.4, -0.2) is 59.1 Å². The SMILES string of the molecule is CC(=O)OCC1OC(c2ccc(Cl)c(CC3=Cc4ccccc4S3=O)c2)[C@H](OC(C)=O)C(OC(C)=O)[C@@H]1OC(C)=O. The highest BCUT2D eigenvalue weighted by Gasteiger charge is 2.52. The van der Waals surface area contributed by atoms with Crippen molar-refractivity contribution in [3.8, 4) is 0 Å². The van der Waals surface area contributed by atoms with Crippen LogP contribution < -0.4 is 0 Å². The van der Waals surface area contributed by atoms with Crippen molar-refractivity contribution >= 4 is 52.4 Å². The lowest BCUT2D eigenvalue weighted by Crippen LogP contribution is -2.59. The number of esters is 4. The maximum Gasteiger partial charge on any atom is 0.303 e. The van der Waals surface area contributed by atoms with E-state index < -0.39 is 65.2 Å². The zero-order chi connectivity index (χ0) is 29.8. The Morgan fingerprint density at radius 1 is 0.854 bits per heavy atom. The molecular weight excluding hydrogens is 576 g/mol. The molecule has 10 nitrogen and oxygen atoms in total. The number of halogens is 1. The molecule has 2 aromatic rings. The number of rotatable bonds is 8. The molecule has 2 aliphatic rings. The minimum atomic E-state index is -1.36. The Hall–Kier alpha value is -3.54. The van der Waals surface area contributed by atoms with E-state index in [1.54, 1.807) is 18.2 Å². The summed E-state index contributed by atoms with van der Waals surface area (Å²) in [5, 5.41) is 0.410. The normalized spacial score (nSPS) is 25.0. The van der Waals surface area contributed by atoms with Crippen molar-refractivity contribution in [3.05, 3.63) is 69.1 Å². The van der Waals surface area contributed by atoms with E-state index in [1.807, 2.05) is 30.3 Å². The van der Waals surface area contributed by atoms with Crippen LogP contribution in [0.4, 0.5) is 0 Å². The van der Waals surface area contributed by atoms with Gasteiger partial charge in [0.2, 0.25) is 0 Å². The lowest BCUT2D eigenvalue weighted by atomic mass is 9.89. The van der Waals surface area contributed by atoms with Gasteiger partial charge in [0.25, 0.3) is 0 Å². The van der Waals surface area contributed by atoms with Crippen molar-refractivity contribution < 1.29 is 47.1 Å². The first-order valence-electron chi connectivity index (χ1n) is 12.7. The molecule has 1 fully saturated rings. The highest BCUT2D eigenvalue weighted by Crippen LogP contribution is 2.40. The molecule has 0 aromatic heterocycles. The third-order valence-electron chi connectivity index (χ3n) is 6.43. The number of hydrogen-bond donors (Lipinski definition) is 0. The molecule has 0 bridgehead atoms. The van der Waals surface area contributed by atoms with Crippen LogP contribution in [0, 0.1) is 0 Å². The van der Waals surface area contributed by atoms with Crippen LogP contribution in [-0.2, 0) is 60.1 Å². The van der Waals surface area contributed by atoms with Crippen LogP contribution in [0.5, 0.6) is 0 Å². The number of allylic oxidation sites excluding steroid dienone is 1. The highest BCUT2D eigenvalue weighted by atomic mass is 35.5. The van der Waals surface area contributed by atoms with Gasteiger partial charge in [-0.3, -0.25) is 19.2 Å². The van der Waals surface area contributed by atoms with Gasteiger partial charge >= 0.3 is 23.9 Å². The van der Waals surface area contributed by atoms with Gasteiger partial charge in [-0.15, -0.1) is 0 Å². The summed E-state index contributed by atoms with van der Waals surface area (Å²) in [7, 11) is -1.36. The Morgan fingerprint density at radius 3 is 2.12 bits per heavy atom. The highest BCUT2D eigenvalue weighted by molar-refractivity contribution is 7.89. The zero-order valence-electron chi connectivity index (χ0n) is 22.8. The Bertz CT molecular complexity index is 1420. The Labute approximate surface area is 244 Å². The molecule has 2 aliphatic heterocycles.